The Morgan fingerprint density at radius 2 is 1.92 bits per heavy atom. The van der Waals surface area contributed by atoms with E-state index in [4.69, 9.17) is 0 Å². The van der Waals surface area contributed by atoms with Crippen LogP contribution in [0.25, 0.3) is 0 Å². The van der Waals surface area contributed by atoms with Crippen LogP contribution >= 0.6 is 22.4 Å². The van der Waals surface area contributed by atoms with Crippen molar-refractivity contribution in [3.8, 4) is 0 Å². The number of unbranched alkanes of at least 4 members (excludes halogenated alkanes) is 1. The Labute approximate surface area is 221 Å². The SMILES string of the molecule is CCCCN1CCN(C(=O)NS2=CCC=C2CC(=O)N[C@@H]2C(=O)N3[C@@H]2SC(C)(C)[C@@H]3C(=O)O)C(=O)C1=O. The Kier molecular flexibility index (Phi) is 7.70. The molecule has 3 N–H and O–H groups in total. The molecule has 1 unspecified atom stereocenters. The quantitative estimate of drug-likeness (QED) is 0.222. The Hall–Kier alpha value is -2.87. The predicted molar refractivity (Wildman–Crippen MR) is 138 cm³/mol. The Morgan fingerprint density at radius 3 is 2.59 bits per heavy atom. The van der Waals surface area contributed by atoms with E-state index in [1.54, 1.807) is 19.9 Å². The third-order valence-electron chi connectivity index (χ3n) is 6.75. The summed E-state index contributed by atoms with van der Waals surface area (Å²) in [6, 6.07) is -2.45. The van der Waals surface area contributed by atoms with E-state index in [0.29, 0.717) is 17.9 Å². The van der Waals surface area contributed by atoms with Gasteiger partial charge in [0.25, 0.3) is 0 Å². The largest absolute Gasteiger partial charge is 0.480 e. The number of carboxylic acid groups (broad SMARTS) is 1. The van der Waals surface area contributed by atoms with Crippen LogP contribution in [-0.4, -0.2) is 103 Å². The van der Waals surface area contributed by atoms with Gasteiger partial charge in [-0.15, -0.1) is 11.8 Å². The molecular formula is C23H31N5O7S2. The van der Waals surface area contributed by atoms with Crippen molar-refractivity contribution in [2.24, 2.45) is 0 Å². The summed E-state index contributed by atoms with van der Waals surface area (Å²) < 4.78 is 2.06. The van der Waals surface area contributed by atoms with Crippen LogP contribution in [0.5, 0.6) is 0 Å². The van der Waals surface area contributed by atoms with Crippen LogP contribution in [0.4, 0.5) is 4.79 Å². The maximum Gasteiger partial charge on any atom is 0.334 e. The molecule has 4 aliphatic rings. The van der Waals surface area contributed by atoms with Crippen molar-refractivity contribution in [2.45, 2.75) is 68.7 Å². The van der Waals surface area contributed by atoms with Crippen molar-refractivity contribution in [1.82, 2.24) is 24.7 Å². The van der Waals surface area contributed by atoms with Crippen molar-refractivity contribution in [3.63, 3.8) is 0 Å². The molecule has 0 aromatic heterocycles. The van der Waals surface area contributed by atoms with Crippen molar-refractivity contribution >= 4 is 63.4 Å². The van der Waals surface area contributed by atoms with Gasteiger partial charge < -0.3 is 20.2 Å². The number of imide groups is 1. The van der Waals surface area contributed by atoms with Gasteiger partial charge in [-0.2, -0.15) is 0 Å². The van der Waals surface area contributed by atoms with Gasteiger partial charge in [0.1, 0.15) is 17.5 Å². The van der Waals surface area contributed by atoms with Gasteiger partial charge in [-0.25, -0.2) is 9.59 Å². The van der Waals surface area contributed by atoms with E-state index >= 15 is 0 Å². The van der Waals surface area contributed by atoms with E-state index in [0.717, 1.165) is 17.7 Å². The van der Waals surface area contributed by atoms with E-state index in [-0.39, 0.29) is 19.5 Å². The molecule has 0 saturated carbocycles. The number of thioether (sulfide) groups is 1. The maximum absolute atomic E-state index is 12.8. The van der Waals surface area contributed by atoms with E-state index in [9.17, 15) is 33.9 Å². The molecule has 14 heteroatoms. The number of urea groups is 1. The molecule has 0 radical (unpaired) electrons. The second-order valence-corrected chi connectivity index (χ2v) is 13.2. The first-order valence-corrected chi connectivity index (χ1v) is 14.3. The molecule has 0 aliphatic carbocycles. The average molecular weight is 554 g/mol. The number of nitrogens with zero attached hydrogens (tertiary/aromatic N) is 3. The number of fused-ring (bicyclic) bond motifs is 1. The molecule has 0 spiro atoms. The minimum Gasteiger partial charge on any atom is -0.480 e. The van der Waals surface area contributed by atoms with Crippen LogP contribution in [0.2, 0.25) is 0 Å². The molecule has 0 aromatic rings. The van der Waals surface area contributed by atoms with Crippen LogP contribution in [-0.2, 0) is 24.0 Å². The lowest BCUT2D eigenvalue weighted by Gasteiger charge is -2.43. The van der Waals surface area contributed by atoms with Crippen LogP contribution in [0.3, 0.4) is 0 Å². The number of hydrogen-bond acceptors (Lipinski definition) is 7. The number of nitrogens with one attached hydrogen (secondary N) is 2. The molecule has 4 aliphatic heterocycles. The van der Waals surface area contributed by atoms with Gasteiger partial charge in [0.15, 0.2) is 0 Å². The summed E-state index contributed by atoms with van der Waals surface area (Å²) in [6.07, 6.45) is 3.93. The first kappa shape index (κ1) is 27.2. The minimum absolute atomic E-state index is 0.0650. The molecule has 4 atom stereocenters. The van der Waals surface area contributed by atoms with Crippen LogP contribution in [0, 0.1) is 0 Å². The van der Waals surface area contributed by atoms with Crippen molar-refractivity contribution in [3.05, 3.63) is 11.0 Å². The van der Waals surface area contributed by atoms with Crippen LogP contribution in [0.15, 0.2) is 11.0 Å². The van der Waals surface area contributed by atoms with Gasteiger partial charge in [-0.3, -0.25) is 28.8 Å². The first-order chi connectivity index (χ1) is 17.5. The third kappa shape index (κ3) is 5.13. The van der Waals surface area contributed by atoms with Gasteiger partial charge in [-0.05, 0) is 32.1 Å². The van der Waals surface area contributed by atoms with E-state index < -0.39 is 68.5 Å². The summed E-state index contributed by atoms with van der Waals surface area (Å²) in [5.74, 6) is -3.48. The number of carbonyl (C=O) groups excluding carboxylic acids is 5. The van der Waals surface area contributed by atoms with Gasteiger partial charge in [0, 0.05) is 29.3 Å². The zero-order valence-corrected chi connectivity index (χ0v) is 22.5. The van der Waals surface area contributed by atoms with Gasteiger partial charge in [-0.1, -0.05) is 30.1 Å². The summed E-state index contributed by atoms with van der Waals surface area (Å²) in [4.78, 5) is 79.0. The topological polar surface area (TPSA) is 156 Å². The number of carboxylic acids is 1. The molecule has 12 nitrogen and oxygen atoms in total. The lowest BCUT2D eigenvalue weighted by atomic mass is 9.96. The number of rotatable bonds is 8. The smallest absolute Gasteiger partial charge is 0.334 e. The van der Waals surface area contributed by atoms with E-state index in [1.807, 2.05) is 12.3 Å². The van der Waals surface area contributed by atoms with E-state index in [1.165, 1.54) is 21.6 Å². The number of allylic oxidation sites excluding steroid dienone is 1. The number of piperazine rings is 1. The summed E-state index contributed by atoms with van der Waals surface area (Å²) in [6.45, 7) is 6.37. The molecule has 202 valence electrons. The fourth-order valence-corrected chi connectivity index (χ4v) is 8.04. The molecular weight excluding hydrogens is 522 g/mol. The van der Waals surface area contributed by atoms with E-state index in [2.05, 4.69) is 10.0 Å². The standard InChI is InChI=1S/C23H31N5O7S2/c1-4-5-8-26-9-10-27(19(32)18(26)31)22(35)25-37-11-6-7-13(37)12-14(29)24-15-17(30)28-16(21(33)34)23(2,3)36-20(15)28/h7,11,15-16,20H,4-6,8-10,12H2,1-3H3,(H,24,29)(H,25,35)(H,33,34)/t15-,16+,20-,37?/m1/s1. The number of hydrogen-bond donors (Lipinski definition) is 3. The fourth-order valence-electron chi connectivity index (χ4n) is 4.84. The Bertz CT molecular complexity index is 1120. The summed E-state index contributed by atoms with van der Waals surface area (Å²) in [5, 5.41) is 13.6. The Morgan fingerprint density at radius 1 is 1.19 bits per heavy atom. The van der Waals surface area contributed by atoms with Gasteiger partial charge in [0.05, 0.1) is 6.42 Å². The second-order valence-electron chi connectivity index (χ2n) is 9.74. The lowest BCUT2D eigenvalue weighted by Crippen LogP contribution is -2.70. The Balaban J connectivity index is 1.31. The van der Waals surface area contributed by atoms with Gasteiger partial charge >= 0.3 is 23.8 Å². The third-order valence-corrected chi connectivity index (χ3v) is 10.1. The second kappa shape index (κ2) is 10.5. The summed E-state index contributed by atoms with van der Waals surface area (Å²) >= 11 is 1.35. The zero-order chi connectivity index (χ0) is 27.1. The maximum atomic E-state index is 12.8. The van der Waals surface area contributed by atoms with Gasteiger partial charge in [0.2, 0.25) is 11.8 Å². The van der Waals surface area contributed by atoms with Crippen molar-refractivity contribution in [2.75, 3.05) is 19.6 Å². The highest BCUT2D eigenvalue weighted by atomic mass is 32.2. The lowest BCUT2D eigenvalue weighted by molar-refractivity contribution is -0.161. The summed E-state index contributed by atoms with van der Waals surface area (Å²) in [5.41, 5.74) is 0. The van der Waals surface area contributed by atoms with Crippen molar-refractivity contribution < 1.29 is 33.9 Å². The summed E-state index contributed by atoms with van der Waals surface area (Å²) in [7, 11) is -0.916. The first-order valence-electron chi connectivity index (χ1n) is 12.1. The number of β-lactam (4-membered cyclic amide) rings is 1. The fraction of sp³-hybridized carbons (Fsp3) is 0.609. The predicted octanol–water partition coefficient (Wildman–Crippen LogP) is 0.462. The number of aliphatic carboxylic acids is 1. The highest BCUT2D eigenvalue weighted by molar-refractivity contribution is 8.17. The van der Waals surface area contributed by atoms with Crippen LogP contribution < -0.4 is 10.0 Å². The normalized spacial score (nSPS) is 28.4. The molecule has 3 fully saturated rings. The molecule has 0 aromatic carbocycles. The number of carbonyl (C=O) groups is 6. The average Bonchev–Trinajstić information content (AvgIpc) is 3.37. The highest BCUT2D eigenvalue weighted by Gasteiger charge is 2.64. The van der Waals surface area contributed by atoms with Crippen LogP contribution in [0.1, 0.15) is 46.5 Å². The minimum atomic E-state index is -1.08. The molecule has 3 saturated heterocycles. The molecule has 4 rings (SSSR count). The van der Waals surface area contributed by atoms with Crippen molar-refractivity contribution in [1.29, 1.82) is 0 Å². The monoisotopic (exact) mass is 553 g/mol. The molecule has 37 heavy (non-hydrogen) atoms. The zero-order valence-electron chi connectivity index (χ0n) is 20.9. The highest BCUT2D eigenvalue weighted by Crippen LogP contribution is 2.50. The molecule has 6 amide bonds. The number of amides is 6. The molecule has 0 bridgehead atoms. The molecule has 4 heterocycles.